The molecule has 0 bridgehead atoms. The van der Waals surface area contributed by atoms with Crippen LogP contribution in [-0.4, -0.2) is 66.2 Å². The molecule has 0 radical (unpaired) electrons. The average Bonchev–Trinajstić information content (AvgIpc) is 3.19. The van der Waals surface area contributed by atoms with Crippen molar-refractivity contribution in [3.8, 4) is 11.8 Å². The van der Waals surface area contributed by atoms with Crippen molar-refractivity contribution in [2.75, 3.05) is 49.8 Å². The summed E-state index contributed by atoms with van der Waals surface area (Å²) in [5, 5.41) is 6.79. The second kappa shape index (κ2) is 17.1. The van der Waals surface area contributed by atoms with E-state index in [4.69, 9.17) is 14.7 Å². The molecule has 1 saturated heterocycles. The van der Waals surface area contributed by atoms with Gasteiger partial charge in [-0.25, -0.2) is 0 Å². The first-order valence-electron chi connectivity index (χ1n) is 14.8. The lowest BCUT2D eigenvalue weighted by Crippen LogP contribution is -2.42. The summed E-state index contributed by atoms with van der Waals surface area (Å²) < 4.78 is 6.14. The number of likely N-dealkylation sites (tertiary alicyclic amines) is 1. The Hall–Kier alpha value is -2.61. The van der Waals surface area contributed by atoms with E-state index in [1.807, 2.05) is 39.1 Å². The van der Waals surface area contributed by atoms with E-state index in [0.717, 1.165) is 55.8 Å². The van der Waals surface area contributed by atoms with Gasteiger partial charge in [0.15, 0.2) is 0 Å². The van der Waals surface area contributed by atoms with Crippen LogP contribution in [0.1, 0.15) is 91.0 Å². The van der Waals surface area contributed by atoms with Crippen molar-refractivity contribution in [2.24, 2.45) is 0 Å². The summed E-state index contributed by atoms with van der Waals surface area (Å²) in [4.78, 5) is 18.8. The number of aryl methyl sites for hydroxylation is 1. The van der Waals surface area contributed by atoms with E-state index in [1.54, 1.807) is 0 Å². The van der Waals surface area contributed by atoms with E-state index in [9.17, 15) is 0 Å². The number of rotatable bonds is 7. The Balaban J connectivity index is 0.000000947. The van der Waals surface area contributed by atoms with Crippen LogP contribution in [0.4, 0.5) is 17.6 Å². The first kappa shape index (κ1) is 31.6. The molecule has 4 rings (SSSR count). The molecule has 1 saturated carbocycles. The second-order valence-corrected chi connectivity index (χ2v) is 10.3. The van der Waals surface area contributed by atoms with E-state index in [1.165, 1.54) is 32.1 Å². The van der Waals surface area contributed by atoms with Gasteiger partial charge in [0, 0.05) is 31.9 Å². The molecule has 2 aromatic rings. The van der Waals surface area contributed by atoms with Crippen LogP contribution in [0.5, 0.6) is 11.8 Å². The van der Waals surface area contributed by atoms with Gasteiger partial charge >= 0.3 is 6.01 Å². The molecule has 2 aliphatic rings. The SMILES string of the molecule is CC.CCC.CNc1ccc(Oc2nc(NC3CCCCCC3)nc(N(C)C3CCN(C)CC3)n2)cc1C. The van der Waals surface area contributed by atoms with Gasteiger partial charge in [-0.1, -0.05) is 59.8 Å². The fraction of sp³-hybridized carbons (Fsp3) is 0.700. The topological polar surface area (TPSA) is 78.4 Å². The average molecular weight is 528 g/mol. The molecular weight excluding hydrogens is 474 g/mol. The lowest BCUT2D eigenvalue weighted by Gasteiger charge is -2.35. The monoisotopic (exact) mass is 527 g/mol. The van der Waals surface area contributed by atoms with Crippen molar-refractivity contribution in [2.45, 2.75) is 104 Å². The minimum absolute atomic E-state index is 0.340. The Morgan fingerprint density at radius 2 is 1.61 bits per heavy atom. The van der Waals surface area contributed by atoms with Crippen LogP contribution >= 0.6 is 0 Å². The molecule has 0 atom stereocenters. The van der Waals surface area contributed by atoms with Crippen molar-refractivity contribution < 1.29 is 4.74 Å². The van der Waals surface area contributed by atoms with E-state index >= 15 is 0 Å². The number of piperidine rings is 1. The number of nitrogens with one attached hydrogen (secondary N) is 2. The van der Waals surface area contributed by atoms with Crippen LogP contribution in [0.3, 0.4) is 0 Å². The highest BCUT2D eigenvalue weighted by Gasteiger charge is 2.24. The first-order chi connectivity index (χ1) is 18.4. The van der Waals surface area contributed by atoms with Crippen LogP contribution in [-0.2, 0) is 0 Å². The van der Waals surface area contributed by atoms with Crippen molar-refractivity contribution >= 4 is 17.6 Å². The standard InChI is InChI=1S/C25H39N7O.C3H8.C2H6/c1-18-17-21(11-12-22(18)26-2)33-25-29-23(27-19-9-7-5-6-8-10-19)28-24(30-25)32(4)20-13-15-31(3)16-14-20;1-3-2;1-2/h11-12,17,19-20,26H,5-10,13-16H2,1-4H3,(H,27,28,29,30);3H2,1-2H3;1-2H3. The first-order valence-corrected chi connectivity index (χ1v) is 14.8. The molecule has 8 heteroatoms. The summed E-state index contributed by atoms with van der Waals surface area (Å²) in [6.07, 6.45) is 10.9. The Morgan fingerprint density at radius 3 is 2.18 bits per heavy atom. The number of hydrogen-bond acceptors (Lipinski definition) is 8. The van der Waals surface area contributed by atoms with Crippen molar-refractivity contribution in [1.29, 1.82) is 0 Å². The van der Waals surface area contributed by atoms with Crippen LogP contribution in [0.15, 0.2) is 18.2 Å². The molecule has 0 amide bonds. The molecule has 0 unspecified atom stereocenters. The van der Waals surface area contributed by atoms with E-state index in [0.29, 0.717) is 30.0 Å². The molecule has 1 aromatic carbocycles. The molecule has 38 heavy (non-hydrogen) atoms. The Morgan fingerprint density at radius 1 is 0.974 bits per heavy atom. The van der Waals surface area contributed by atoms with Gasteiger partial charge < -0.3 is 25.2 Å². The molecule has 1 aliphatic carbocycles. The zero-order chi connectivity index (χ0) is 27.9. The number of aromatic nitrogens is 3. The summed E-state index contributed by atoms with van der Waals surface area (Å²) in [6, 6.07) is 7.13. The third kappa shape index (κ3) is 9.93. The second-order valence-electron chi connectivity index (χ2n) is 10.3. The quantitative estimate of drug-likeness (QED) is 0.368. The van der Waals surface area contributed by atoms with Crippen molar-refractivity contribution in [1.82, 2.24) is 19.9 Å². The largest absolute Gasteiger partial charge is 0.424 e. The minimum atomic E-state index is 0.340. The number of ether oxygens (including phenoxy) is 1. The number of anilines is 3. The molecule has 0 spiro atoms. The molecule has 1 aliphatic heterocycles. The van der Waals surface area contributed by atoms with E-state index in [-0.39, 0.29) is 0 Å². The third-order valence-electron chi connectivity index (χ3n) is 7.02. The van der Waals surface area contributed by atoms with Gasteiger partial charge in [-0.3, -0.25) is 0 Å². The Bertz CT molecular complexity index is 923. The minimum Gasteiger partial charge on any atom is -0.424 e. The fourth-order valence-corrected chi connectivity index (χ4v) is 4.85. The van der Waals surface area contributed by atoms with Gasteiger partial charge in [0.05, 0.1) is 0 Å². The lowest BCUT2D eigenvalue weighted by molar-refractivity contribution is 0.252. The Kier molecular flexibility index (Phi) is 14.2. The van der Waals surface area contributed by atoms with Gasteiger partial charge in [0.2, 0.25) is 11.9 Å². The summed E-state index contributed by atoms with van der Waals surface area (Å²) >= 11 is 0. The molecular formula is C30H53N7O. The van der Waals surface area contributed by atoms with E-state index in [2.05, 4.69) is 60.3 Å². The fourth-order valence-electron chi connectivity index (χ4n) is 4.85. The van der Waals surface area contributed by atoms with Gasteiger partial charge in [-0.15, -0.1) is 0 Å². The molecule has 214 valence electrons. The van der Waals surface area contributed by atoms with Gasteiger partial charge in [0.1, 0.15) is 5.75 Å². The predicted molar refractivity (Wildman–Crippen MR) is 162 cm³/mol. The zero-order valence-electron chi connectivity index (χ0n) is 25.3. The summed E-state index contributed by atoms with van der Waals surface area (Å²) in [5.74, 6) is 2.02. The molecule has 8 nitrogen and oxygen atoms in total. The third-order valence-corrected chi connectivity index (χ3v) is 7.02. The van der Waals surface area contributed by atoms with Gasteiger partial charge in [-0.2, -0.15) is 15.0 Å². The van der Waals surface area contributed by atoms with Crippen LogP contribution in [0, 0.1) is 6.92 Å². The summed E-state index contributed by atoms with van der Waals surface area (Å²) in [7, 11) is 6.20. The lowest BCUT2D eigenvalue weighted by atomic mass is 10.0. The van der Waals surface area contributed by atoms with E-state index < -0.39 is 0 Å². The highest BCUT2D eigenvalue weighted by molar-refractivity contribution is 5.53. The molecule has 2 fully saturated rings. The van der Waals surface area contributed by atoms with Gasteiger partial charge in [0.25, 0.3) is 0 Å². The smallest absolute Gasteiger partial charge is 0.328 e. The molecule has 2 heterocycles. The highest BCUT2D eigenvalue weighted by Crippen LogP contribution is 2.28. The zero-order valence-corrected chi connectivity index (χ0v) is 25.3. The van der Waals surface area contributed by atoms with Crippen LogP contribution in [0.25, 0.3) is 0 Å². The predicted octanol–water partition coefficient (Wildman–Crippen LogP) is 7.12. The summed E-state index contributed by atoms with van der Waals surface area (Å²) in [5.41, 5.74) is 2.20. The van der Waals surface area contributed by atoms with Crippen LogP contribution in [0.2, 0.25) is 0 Å². The van der Waals surface area contributed by atoms with Gasteiger partial charge in [-0.05, 0) is 76.5 Å². The molecule has 1 aromatic heterocycles. The Labute approximate surface area is 232 Å². The number of nitrogens with zero attached hydrogens (tertiary/aromatic N) is 5. The maximum absolute atomic E-state index is 6.14. The maximum atomic E-state index is 6.14. The highest BCUT2D eigenvalue weighted by atomic mass is 16.5. The number of hydrogen-bond donors (Lipinski definition) is 2. The maximum Gasteiger partial charge on any atom is 0.328 e. The molecule has 2 N–H and O–H groups in total. The number of benzene rings is 1. The van der Waals surface area contributed by atoms with Crippen molar-refractivity contribution in [3.63, 3.8) is 0 Å². The van der Waals surface area contributed by atoms with Crippen molar-refractivity contribution in [3.05, 3.63) is 23.8 Å². The summed E-state index contributed by atoms with van der Waals surface area (Å²) in [6.45, 7) is 12.5. The van der Waals surface area contributed by atoms with Crippen LogP contribution < -0.4 is 20.3 Å². The normalized spacial score (nSPS) is 16.7.